The monoisotopic (exact) mass is 382 g/mol. The minimum absolute atomic E-state index is 0.00875. The summed E-state index contributed by atoms with van der Waals surface area (Å²) in [5.41, 5.74) is 2.01. The van der Waals surface area contributed by atoms with Crippen molar-refractivity contribution in [3.8, 4) is 5.88 Å². The number of hydrogen-bond donors (Lipinski definition) is 0. The van der Waals surface area contributed by atoms with Crippen molar-refractivity contribution in [3.05, 3.63) is 71.8 Å². The Labute approximate surface area is 161 Å². The van der Waals surface area contributed by atoms with Crippen LogP contribution in [0.25, 0.3) is 10.9 Å². The molecule has 0 bridgehead atoms. The number of nitrogens with zero attached hydrogens (tertiary/aromatic N) is 2. The normalized spacial score (nSPS) is 18.8. The van der Waals surface area contributed by atoms with Gasteiger partial charge in [0.2, 0.25) is 5.88 Å². The van der Waals surface area contributed by atoms with Crippen LogP contribution in [0.4, 0.5) is 8.78 Å². The lowest BCUT2D eigenvalue weighted by atomic mass is 10.0. The zero-order valence-corrected chi connectivity index (χ0v) is 15.4. The van der Waals surface area contributed by atoms with Gasteiger partial charge in [-0.3, -0.25) is 4.79 Å². The number of amides is 1. The molecular formula is C22H20F2N2O2. The summed E-state index contributed by atoms with van der Waals surface area (Å²) in [4.78, 5) is 18.6. The van der Waals surface area contributed by atoms with Crippen LogP contribution in [0.15, 0.2) is 60.7 Å². The van der Waals surface area contributed by atoms with Gasteiger partial charge in [0.25, 0.3) is 11.8 Å². The number of alkyl halides is 2. The highest BCUT2D eigenvalue weighted by Gasteiger charge is 2.47. The summed E-state index contributed by atoms with van der Waals surface area (Å²) in [6, 6.07) is 17.9. The standard InChI is InChI=1S/C22H20F2N2O2/c1-15-6-2-4-8-17(15)21(27)26-13-12-22(23,24)19(14-26)28-20-11-10-16-7-3-5-9-18(16)25-20/h2-11,19H,12-14H2,1H3. The predicted octanol–water partition coefficient (Wildman–Crippen LogP) is 4.47. The fourth-order valence-electron chi connectivity index (χ4n) is 3.42. The number of rotatable bonds is 3. The molecule has 0 N–H and O–H groups in total. The third-order valence-corrected chi connectivity index (χ3v) is 5.07. The third kappa shape index (κ3) is 3.54. The third-order valence-electron chi connectivity index (χ3n) is 5.07. The van der Waals surface area contributed by atoms with Gasteiger partial charge in [-0.1, -0.05) is 36.4 Å². The summed E-state index contributed by atoms with van der Waals surface area (Å²) in [5.74, 6) is -3.15. The number of aromatic nitrogens is 1. The van der Waals surface area contributed by atoms with Crippen LogP contribution >= 0.6 is 0 Å². The SMILES string of the molecule is Cc1ccccc1C(=O)N1CCC(F)(F)C(Oc2ccc3ccccc3n2)C1. The molecule has 4 nitrogen and oxygen atoms in total. The number of piperidine rings is 1. The summed E-state index contributed by atoms with van der Waals surface area (Å²) in [7, 11) is 0. The van der Waals surface area contributed by atoms with Crippen LogP contribution in [0, 0.1) is 6.92 Å². The van der Waals surface area contributed by atoms with E-state index >= 15 is 0 Å². The zero-order chi connectivity index (χ0) is 19.7. The van der Waals surface area contributed by atoms with Gasteiger partial charge in [0.05, 0.1) is 12.1 Å². The van der Waals surface area contributed by atoms with E-state index in [0.717, 1.165) is 10.9 Å². The molecule has 1 aliphatic heterocycles. The van der Waals surface area contributed by atoms with E-state index in [1.54, 1.807) is 30.3 Å². The second-order valence-corrected chi connectivity index (χ2v) is 7.03. The topological polar surface area (TPSA) is 42.4 Å². The predicted molar refractivity (Wildman–Crippen MR) is 103 cm³/mol. The molecular weight excluding hydrogens is 362 g/mol. The van der Waals surface area contributed by atoms with Crippen molar-refractivity contribution in [2.75, 3.05) is 13.1 Å². The van der Waals surface area contributed by atoms with Gasteiger partial charge in [0.1, 0.15) is 0 Å². The lowest BCUT2D eigenvalue weighted by Gasteiger charge is -2.38. The smallest absolute Gasteiger partial charge is 0.287 e. The summed E-state index contributed by atoms with van der Waals surface area (Å²) in [5, 5.41) is 0.904. The van der Waals surface area contributed by atoms with Crippen LogP contribution in [0.2, 0.25) is 0 Å². The van der Waals surface area contributed by atoms with E-state index in [9.17, 15) is 13.6 Å². The first-order chi connectivity index (χ1) is 13.4. The molecule has 144 valence electrons. The fourth-order valence-corrected chi connectivity index (χ4v) is 3.42. The number of para-hydroxylation sites is 1. The molecule has 3 aromatic rings. The number of hydrogen-bond acceptors (Lipinski definition) is 3. The lowest BCUT2D eigenvalue weighted by Crippen LogP contribution is -2.55. The number of benzene rings is 2. The second-order valence-electron chi connectivity index (χ2n) is 7.03. The molecule has 0 radical (unpaired) electrons. The minimum Gasteiger partial charge on any atom is -0.466 e. The summed E-state index contributed by atoms with van der Waals surface area (Å²) in [6.07, 6.45) is -1.88. The fraction of sp³-hybridized carbons (Fsp3) is 0.273. The molecule has 1 aliphatic rings. The molecule has 0 saturated carbocycles. The number of carbonyl (C=O) groups is 1. The molecule has 0 spiro atoms. The molecule has 4 rings (SSSR count). The first-order valence-corrected chi connectivity index (χ1v) is 9.19. The van der Waals surface area contributed by atoms with Crippen LogP contribution in [0.5, 0.6) is 5.88 Å². The van der Waals surface area contributed by atoms with Gasteiger partial charge in [-0.05, 0) is 30.7 Å². The molecule has 1 fully saturated rings. The van der Waals surface area contributed by atoms with Crippen molar-refractivity contribution in [2.24, 2.45) is 0 Å². The van der Waals surface area contributed by atoms with Crippen LogP contribution in [-0.2, 0) is 0 Å². The van der Waals surface area contributed by atoms with Crippen LogP contribution in [0.3, 0.4) is 0 Å². The Morgan fingerprint density at radius 2 is 1.86 bits per heavy atom. The van der Waals surface area contributed by atoms with E-state index in [2.05, 4.69) is 4.98 Å². The maximum atomic E-state index is 14.5. The van der Waals surface area contributed by atoms with E-state index in [-0.39, 0.29) is 24.9 Å². The van der Waals surface area contributed by atoms with E-state index < -0.39 is 18.4 Å². The Kier molecular flexibility index (Phi) is 4.71. The van der Waals surface area contributed by atoms with Gasteiger partial charge in [0, 0.05) is 30.0 Å². The van der Waals surface area contributed by atoms with Crippen molar-refractivity contribution in [2.45, 2.75) is 25.4 Å². The second kappa shape index (κ2) is 7.19. The number of likely N-dealkylation sites (tertiary alicyclic amines) is 1. The lowest BCUT2D eigenvalue weighted by molar-refractivity contribution is -0.131. The molecule has 2 heterocycles. The molecule has 1 aromatic heterocycles. The zero-order valence-electron chi connectivity index (χ0n) is 15.4. The molecule has 1 atom stereocenters. The maximum Gasteiger partial charge on any atom is 0.287 e. The Balaban J connectivity index is 1.56. The molecule has 28 heavy (non-hydrogen) atoms. The highest BCUT2D eigenvalue weighted by atomic mass is 19.3. The Morgan fingerprint density at radius 1 is 1.11 bits per heavy atom. The Hall–Kier alpha value is -3.02. The first-order valence-electron chi connectivity index (χ1n) is 9.19. The highest BCUT2D eigenvalue weighted by molar-refractivity contribution is 5.95. The van der Waals surface area contributed by atoms with Crippen molar-refractivity contribution >= 4 is 16.8 Å². The average Bonchev–Trinajstić information content (AvgIpc) is 2.69. The van der Waals surface area contributed by atoms with E-state index in [1.165, 1.54) is 4.90 Å². The Morgan fingerprint density at radius 3 is 2.68 bits per heavy atom. The average molecular weight is 382 g/mol. The van der Waals surface area contributed by atoms with Gasteiger partial charge >= 0.3 is 0 Å². The number of carbonyl (C=O) groups excluding carboxylic acids is 1. The summed E-state index contributed by atoms with van der Waals surface area (Å²) >= 11 is 0. The van der Waals surface area contributed by atoms with Crippen molar-refractivity contribution in [1.82, 2.24) is 9.88 Å². The van der Waals surface area contributed by atoms with Gasteiger partial charge in [-0.2, -0.15) is 0 Å². The van der Waals surface area contributed by atoms with Gasteiger partial charge in [0.15, 0.2) is 6.10 Å². The van der Waals surface area contributed by atoms with Crippen LogP contribution in [-0.4, -0.2) is 40.9 Å². The van der Waals surface area contributed by atoms with Crippen LogP contribution in [0.1, 0.15) is 22.3 Å². The van der Waals surface area contributed by atoms with E-state index in [0.29, 0.717) is 11.1 Å². The first kappa shape index (κ1) is 18.3. The largest absolute Gasteiger partial charge is 0.466 e. The minimum atomic E-state index is -3.03. The number of ether oxygens (including phenoxy) is 1. The summed E-state index contributed by atoms with van der Waals surface area (Å²) in [6.45, 7) is 1.64. The van der Waals surface area contributed by atoms with E-state index in [1.807, 2.05) is 37.3 Å². The van der Waals surface area contributed by atoms with Crippen molar-refractivity contribution < 1.29 is 18.3 Å². The number of fused-ring (bicyclic) bond motifs is 1. The Bertz CT molecular complexity index is 1020. The van der Waals surface area contributed by atoms with Crippen molar-refractivity contribution in [3.63, 3.8) is 0 Å². The quantitative estimate of drug-likeness (QED) is 0.671. The molecule has 0 aliphatic carbocycles. The summed E-state index contributed by atoms with van der Waals surface area (Å²) < 4.78 is 34.6. The highest BCUT2D eigenvalue weighted by Crippen LogP contribution is 2.32. The molecule has 1 saturated heterocycles. The van der Waals surface area contributed by atoms with Gasteiger partial charge in [-0.15, -0.1) is 0 Å². The maximum absolute atomic E-state index is 14.5. The van der Waals surface area contributed by atoms with Gasteiger partial charge < -0.3 is 9.64 Å². The number of aryl methyl sites for hydroxylation is 1. The molecule has 6 heteroatoms. The van der Waals surface area contributed by atoms with Crippen molar-refractivity contribution in [1.29, 1.82) is 0 Å². The van der Waals surface area contributed by atoms with Crippen LogP contribution < -0.4 is 4.74 Å². The molecule has 2 aromatic carbocycles. The molecule has 1 unspecified atom stereocenters. The number of halogens is 2. The number of pyridine rings is 1. The molecule has 1 amide bonds. The van der Waals surface area contributed by atoms with Gasteiger partial charge in [-0.25, -0.2) is 13.8 Å². The van der Waals surface area contributed by atoms with E-state index in [4.69, 9.17) is 4.74 Å².